The molecule has 0 radical (unpaired) electrons. The molecule has 1 atom stereocenters. The van der Waals surface area contributed by atoms with Crippen LogP contribution in [-0.2, 0) is 32.5 Å². The standard InChI is InChI=1S/C24H27F3N4O3/c1-15-11-16(2)30(28-15)10-9-29(3)20(32)13-23(14-21(33)31(22(23)34)19-7-8-19)17-5-4-6-18(12-17)24(25,26)27/h4-6,11-12,19H,7-10,13-14H2,1-3H3/t23-/m1/s1. The summed E-state index contributed by atoms with van der Waals surface area (Å²) in [6.45, 7) is 4.50. The molecule has 2 aromatic rings. The number of benzene rings is 1. The molecule has 0 bridgehead atoms. The molecule has 2 fully saturated rings. The minimum Gasteiger partial charge on any atom is -0.344 e. The lowest BCUT2D eigenvalue weighted by Gasteiger charge is -2.30. The van der Waals surface area contributed by atoms with E-state index in [2.05, 4.69) is 5.10 Å². The van der Waals surface area contributed by atoms with Gasteiger partial charge < -0.3 is 4.90 Å². The molecule has 0 unspecified atom stereocenters. The minimum atomic E-state index is -4.61. The number of rotatable bonds is 7. The molecule has 7 nitrogen and oxygen atoms in total. The molecule has 10 heteroatoms. The minimum absolute atomic E-state index is 0.0455. The Labute approximate surface area is 195 Å². The molecular formula is C24H27F3N4O3. The first-order chi connectivity index (χ1) is 15.9. The third-order valence-electron chi connectivity index (χ3n) is 6.63. The predicted octanol–water partition coefficient (Wildman–Crippen LogP) is 3.23. The molecule has 0 spiro atoms. The number of likely N-dealkylation sites (N-methyl/N-ethyl adjacent to an activating group) is 1. The quantitative estimate of drug-likeness (QED) is 0.575. The highest BCUT2D eigenvalue weighted by molar-refractivity contribution is 6.11. The molecule has 3 amide bonds. The second-order valence-corrected chi connectivity index (χ2v) is 9.28. The van der Waals surface area contributed by atoms with Gasteiger partial charge in [-0.05, 0) is 44.4 Å². The molecule has 0 N–H and O–H groups in total. The number of aromatic nitrogens is 2. The van der Waals surface area contributed by atoms with Crippen LogP contribution in [0.4, 0.5) is 13.2 Å². The van der Waals surface area contributed by atoms with Gasteiger partial charge in [0.15, 0.2) is 0 Å². The van der Waals surface area contributed by atoms with Crippen LogP contribution >= 0.6 is 0 Å². The van der Waals surface area contributed by atoms with E-state index in [1.165, 1.54) is 17.0 Å². The van der Waals surface area contributed by atoms with E-state index in [1.807, 2.05) is 19.9 Å². The van der Waals surface area contributed by atoms with Crippen molar-refractivity contribution in [3.8, 4) is 0 Å². The van der Waals surface area contributed by atoms with Gasteiger partial charge in [0.1, 0.15) is 0 Å². The fourth-order valence-electron chi connectivity index (χ4n) is 4.59. The van der Waals surface area contributed by atoms with E-state index in [4.69, 9.17) is 0 Å². The summed E-state index contributed by atoms with van der Waals surface area (Å²) in [6.07, 6.45) is -3.96. The summed E-state index contributed by atoms with van der Waals surface area (Å²) in [5.74, 6) is -1.44. The zero-order chi connectivity index (χ0) is 24.8. The van der Waals surface area contributed by atoms with E-state index in [9.17, 15) is 27.6 Å². The van der Waals surface area contributed by atoms with E-state index in [0.717, 1.165) is 28.4 Å². The largest absolute Gasteiger partial charge is 0.416 e. The van der Waals surface area contributed by atoms with Crippen molar-refractivity contribution in [3.05, 3.63) is 52.8 Å². The fourth-order valence-corrected chi connectivity index (χ4v) is 4.59. The average molecular weight is 476 g/mol. The van der Waals surface area contributed by atoms with Gasteiger partial charge in [-0.1, -0.05) is 18.2 Å². The summed E-state index contributed by atoms with van der Waals surface area (Å²) < 4.78 is 42.0. The molecule has 1 aromatic carbocycles. The molecule has 1 aliphatic carbocycles. The van der Waals surface area contributed by atoms with Crippen molar-refractivity contribution in [3.63, 3.8) is 0 Å². The molecule has 34 heavy (non-hydrogen) atoms. The van der Waals surface area contributed by atoms with Gasteiger partial charge in [0.2, 0.25) is 17.7 Å². The van der Waals surface area contributed by atoms with Crippen molar-refractivity contribution in [2.45, 2.75) is 63.7 Å². The number of carbonyl (C=O) groups excluding carboxylic acids is 3. The summed E-state index contributed by atoms with van der Waals surface area (Å²) >= 11 is 0. The first-order valence-electron chi connectivity index (χ1n) is 11.2. The number of likely N-dealkylation sites (tertiary alicyclic amines) is 1. The van der Waals surface area contributed by atoms with Crippen molar-refractivity contribution in [2.75, 3.05) is 13.6 Å². The van der Waals surface area contributed by atoms with E-state index in [1.54, 1.807) is 11.7 Å². The lowest BCUT2D eigenvalue weighted by molar-refractivity contribution is -0.143. The molecule has 1 saturated heterocycles. The lowest BCUT2D eigenvalue weighted by atomic mass is 9.75. The number of aryl methyl sites for hydroxylation is 2. The van der Waals surface area contributed by atoms with Gasteiger partial charge in [0, 0.05) is 38.2 Å². The highest BCUT2D eigenvalue weighted by atomic mass is 19.4. The van der Waals surface area contributed by atoms with Gasteiger partial charge in [0.25, 0.3) is 0 Å². The van der Waals surface area contributed by atoms with Gasteiger partial charge in [0.05, 0.1) is 23.2 Å². The number of imide groups is 1. The molecule has 4 rings (SSSR count). The van der Waals surface area contributed by atoms with Crippen LogP contribution in [0.15, 0.2) is 30.3 Å². The summed E-state index contributed by atoms with van der Waals surface area (Å²) in [6, 6.07) is 6.12. The third kappa shape index (κ3) is 4.45. The predicted molar refractivity (Wildman–Crippen MR) is 117 cm³/mol. The van der Waals surface area contributed by atoms with Crippen LogP contribution in [0.3, 0.4) is 0 Å². The van der Waals surface area contributed by atoms with Crippen molar-refractivity contribution < 1.29 is 27.6 Å². The maximum atomic E-state index is 13.5. The molecule has 1 saturated carbocycles. The zero-order valence-electron chi connectivity index (χ0n) is 19.4. The van der Waals surface area contributed by atoms with Gasteiger partial charge >= 0.3 is 6.18 Å². The van der Waals surface area contributed by atoms with Crippen molar-refractivity contribution in [1.82, 2.24) is 19.6 Å². The Bertz CT molecular complexity index is 1140. The third-order valence-corrected chi connectivity index (χ3v) is 6.63. The Morgan fingerprint density at radius 3 is 2.50 bits per heavy atom. The highest BCUT2D eigenvalue weighted by Crippen LogP contribution is 2.45. The number of carbonyl (C=O) groups is 3. The normalized spacial score (nSPS) is 20.8. The molecular weight excluding hydrogens is 449 g/mol. The number of amides is 3. The lowest BCUT2D eigenvalue weighted by Crippen LogP contribution is -2.44. The Kier molecular flexibility index (Phi) is 6.03. The van der Waals surface area contributed by atoms with Crippen LogP contribution in [0.5, 0.6) is 0 Å². The average Bonchev–Trinajstić information content (AvgIpc) is 3.49. The summed E-state index contributed by atoms with van der Waals surface area (Å²) in [7, 11) is 1.58. The monoisotopic (exact) mass is 476 g/mol. The number of hydrogen-bond donors (Lipinski definition) is 0. The number of nitrogens with zero attached hydrogens (tertiary/aromatic N) is 4. The van der Waals surface area contributed by atoms with Crippen LogP contribution < -0.4 is 0 Å². The smallest absolute Gasteiger partial charge is 0.344 e. The Morgan fingerprint density at radius 2 is 1.91 bits per heavy atom. The van der Waals surface area contributed by atoms with Gasteiger partial charge in [-0.3, -0.25) is 24.0 Å². The summed E-state index contributed by atoms with van der Waals surface area (Å²) in [4.78, 5) is 42.1. The Morgan fingerprint density at radius 1 is 1.21 bits per heavy atom. The first-order valence-corrected chi connectivity index (χ1v) is 11.2. The molecule has 2 heterocycles. The second kappa shape index (κ2) is 8.56. The number of halogens is 3. The highest BCUT2D eigenvalue weighted by Gasteiger charge is 2.57. The van der Waals surface area contributed by atoms with E-state index < -0.39 is 34.9 Å². The van der Waals surface area contributed by atoms with E-state index in [-0.39, 0.29) is 24.4 Å². The van der Waals surface area contributed by atoms with E-state index in [0.29, 0.717) is 25.9 Å². The maximum absolute atomic E-state index is 13.5. The Hall–Kier alpha value is -3.17. The van der Waals surface area contributed by atoms with Crippen molar-refractivity contribution in [2.24, 2.45) is 0 Å². The maximum Gasteiger partial charge on any atom is 0.416 e. The van der Waals surface area contributed by atoms with Crippen LogP contribution in [0, 0.1) is 13.8 Å². The van der Waals surface area contributed by atoms with Gasteiger partial charge in [-0.15, -0.1) is 0 Å². The van der Waals surface area contributed by atoms with Crippen LogP contribution in [0.2, 0.25) is 0 Å². The number of hydrogen-bond acceptors (Lipinski definition) is 4. The summed E-state index contributed by atoms with van der Waals surface area (Å²) in [5.41, 5.74) is -0.727. The fraction of sp³-hybridized carbons (Fsp3) is 0.500. The van der Waals surface area contributed by atoms with Gasteiger partial charge in [-0.25, -0.2) is 0 Å². The van der Waals surface area contributed by atoms with Crippen molar-refractivity contribution in [1.29, 1.82) is 0 Å². The molecule has 1 aromatic heterocycles. The Balaban J connectivity index is 1.61. The molecule has 2 aliphatic rings. The van der Waals surface area contributed by atoms with Gasteiger partial charge in [-0.2, -0.15) is 18.3 Å². The topological polar surface area (TPSA) is 75.5 Å². The zero-order valence-corrected chi connectivity index (χ0v) is 19.4. The van der Waals surface area contributed by atoms with Crippen molar-refractivity contribution >= 4 is 17.7 Å². The number of alkyl halides is 3. The van der Waals surface area contributed by atoms with Crippen LogP contribution in [0.1, 0.15) is 48.2 Å². The van der Waals surface area contributed by atoms with E-state index >= 15 is 0 Å². The SMILES string of the molecule is Cc1cc(C)n(CCN(C)C(=O)C[C@]2(c3cccc(C(F)(F)F)c3)CC(=O)N(C3CC3)C2=O)n1. The first kappa shape index (κ1) is 24.0. The van der Waals surface area contributed by atoms with Crippen LogP contribution in [-0.4, -0.2) is 56.9 Å². The molecule has 1 aliphatic heterocycles. The van der Waals surface area contributed by atoms with Crippen LogP contribution in [0.25, 0.3) is 0 Å². The summed E-state index contributed by atoms with van der Waals surface area (Å²) in [5, 5.41) is 4.36. The molecule has 182 valence electrons. The second-order valence-electron chi connectivity index (χ2n) is 9.28.